The normalized spacial score (nSPS) is 13.3. The van der Waals surface area contributed by atoms with E-state index in [0.717, 1.165) is 27.6 Å². The van der Waals surface area contributed by atoms with E-state index in [2.05, 4.69) is 176 Å². The molecule has 0 aliphatic heterocycles. The Labute approximate surface area is 309 Å². The van der Waals surface area contributed by atoms with E-state index in [-0.39, 0.29) is 5.41 Å². The van der Waals surface area contributed by atoms with Gasteiger partial charge in [-0.3, -0.25) is 0 Å². The molecule has 0 saturated heterocycles. The monoisotopic (exact) mass is 700 g/mol. The predicted molar refractivity (Wildman–Crippen MR) is 225 cm³/mol. The molecule has 4 heteroatoms. The Hall–Kier alpha value is -5.81. The summed E-state index contributed by atoms with van der Waals surface area (Å²) in [7, 11) is 0. The van der Waals surface area contributed by atoms with E-state index in [9.17, 15) is 0 Å². The summed E-state index contributed by atoms with van der Waals surface area (Å²) in [6.07, 6.45) is 0. The number of para-hydroxylation sites is 1. The van der Waals surface area contributed by atoms with Crippen LogP contribution < -0.4 is 4.90 Å². The van der Waals surface area contributed by atoms with Crippen LogP contribution in [0.25, 0.3) is 73.6 Å². The Kier molecular flexibility index (Phi) is 6.37. The van der Waals surface area contributed by atoms with E-state index >= 15 is 0 Å². The number of fused-ring (bicyclic) bond motifs is 10. The summed E-state index contributed by atoms with van der Waals surface area (Å²) >= 11 is 3.64. The van der Waals surface area contributed by atoms with Crippen LogP contribution in [0.3, 0.4) is 0 Å². The van der Waals surface area contributed by atoms with E-state index in [0.29, 0.717) is 0 Å². The largest absolute Gasteiger partial charge is 0.310 e. The summed E-state index contributed by atoms with van der Waals surface area (Å²) < 4.78 is 3.87. The molecule has 0 atom stereocenters. The molecule has 2 nitrogen and oxygen atoms in total. The first-order valence-corrected chi connectivity index (χ1v) is 19.4. The first kappa shape index (κ1) is 29.9. The number of anilines is 3. The third kappa shape index (κ3) is 4.44. The van der Waals surface area contributed by atoms with Crippen LogP contribution >= 0.6 is 22.7 Å². The fourth-order valence-electron chi connectivity index (χ4n) is 8.42. The third-order valence-corrected chi connectivity index (χ3v) is 13.3. The maximum Gasteiger partial charge on any atom is 0.124 e. The third-order valence-electron chi connectivity index (χ3n) is 11.0. The first-order valence-electron chi connectivity index (χ1n) is 17.8. The van der Waals surface area contributed by atoms with Crippen LogP contribution in [-0.2, 0) is 5.41 Å². The molecule has 8 aromatic carbocycles. The van der Waals surface area contributed by atoms with Gasteiger partial charge >= 0.3 is 0 Å². The molecular weight excluding hydrogens is 669 g/mol. The molecule has 10 aromatic rings. The molecule has 11 rings (SSSR count). The first-order chi connectivity index (χ1) is 25.5. The van der Waals surface area contributed by atoms with Gasteiger partial charge < -0.3 is 4.90 Å². The number of rotatable bonds is 4. The van der Waals surface area contributed by atoms with Gasteiger partial charge in [0.1, 0.15) is 5.01 Å². The molecule has 52 heavy (non-hydrogen) atoms. The van der Waals surface area contributed by atoms with E-state index in [1.165, 1.54) is 74.2 Å². The minimum Gasteiger partial charge on any atom is -0.310 e. The lowest BCUT2D eigenvalue weighted by Crippen LogP contribution is -2.14. The van der Waals surface area contributed by atoms with Crippen molar-refractivity contribution in [2.45, 2.75) is 19.3 Å². The lowest BCUT2D eigenvalue weighted by atomic mass is 9.81. The Balaban J connectivity index is 1.06. The van der Waals surface area contributed by atoms with Crippen molar-refractivity contribution in [1.29, 1.82) is 0 Å². The van der Waals surface area contributed by atoms with Crippen LogP contribution in [0, 0.1) is 0 Å². The summed E-state index contributed by atoms with van der Waals surface area (Å²) in [5.41, 5.74) is 11.0. The van der Waals surface area contributed by atoms with Gasteiger partial charge in [0.25, 0.3) is 0 Å². The van der Waals surface area contributed by atoms with Crippen LogP contribution in [0.5, 0.6) is 0 Å². The fourth-order valence-corrected chi connectivity index (χ4v) is 10.5. The SMILES string of the molecule is CC1(C)c2cc3ccc4cc(N(c5ccccc5)c5ccc6sc7ccccc7c6c5)ccc4c3cc2-c2cc3sc(-c4ccccc4)nc3cc21. The number of nitrogens with zero attached hydrogens (tertiary/aromatic N) is 2. The lowest BCUT2D eigenvalue weighted by Gasteiger charge is -2.26. The highest BCUT2D eigenvalue weighted by Crippen LogP contribution is 2.52. The van der Waals surface area contributed by atoms with Gasteiger partial charge in [0.2, 0.25) is 0 Å². The van der Waals surface area contributed by atoms with E-state index in [4.69, 9.17) is 4.98 Å². The van der Waals surface area contributed by atoms with E-state index < -0.39 is 0 Å². The lowest BCUT2D eigenvalue weighted by molar-refractivity contribution is 0.662. The Bertz CT molecular complexity index is 3040. The van der Waals surface area contributed by atoms with Crippen molar-refractivity contribution >= 4 is 91.7 Å². The van der Waals surface area contributed by atoms with Gasteiger partial charge in [-0.15, -0.1) is 22.7 Å². The molecule has 1 aliphatic rings. The zero-order valence-corrected chi connectivity index (χ0v) is 30.4. The number of aromatic nitrogens is 1. The van der Waals surface area contributed by atoms with Crippen molar-refractivity contribution in [3.63, 3.8) is 0 Å². The van der Waals surface area contributed by atoms with E-state index in [1.807, 2.05) is 11.3 Å². The van der Waals surface area contributed by atoms with Gasteiger partial charge in [-0.1, -0.05) is 98.8 Å². The zero-order chi connectivity index (χ0) is 34.6. The second-order valence-corrected chi connectivity index (χ2v) is 16.5. The van der Waals surface area contributed by atoms with Gasteiger partial charge in [0.05, 0.1) is 10.2 Å². The topological polar surface area (TPSA) is 16.1 Å². The standard InChI is InChI=1S/C48H32N2S2/c1-48(2)41-24-31-18-17-30-23-33(50(32-13-7-4-8-14-32)34-20-22-45-40(25-34)36-15-9-10-16-44(36)51-45)19-21-35(30)37(31)26-38(41)39-27-46-43(28-42(39)48)49-47(52-46)29-11-5-3-6-12-29/h3-28H,1-2H3. The minimum absolute atomic E-state index is 0.118. The van der Waals surface area contributed by atoms with Crippen LogP contribution in [0.15, 0.2) is 158 Å². The Morgan fingerprint density at radius 2 is 1.13 bits per heavy atom. The Morgan fingerprint density at radius 1 is 0.462 bits per heavy atom. The van der Waals surface area contributed by atoms with Crippen molar-refractivity contribution in [3.05, 3.63) is 169 Å². The molecule has 0 bridgehead atoms. The number of thiophene rings is 1. The average Bonchev–Trinajstić information content (AvgIpc) is 3.84. The molecule has 0 spiro atoms. The maximum absolute atomic E-state index is 5.09. The maximum atomic E-state index is 5.09. The van der Waals surface area contributed by atoms with Crippen LogP contribution in [-0.4, -0.2) is 4.98 Å². The quantitative estimate of drug-likeness (QED) is 0.170. The molecule has 1 aliphatic carbocycles. The second-order valence-electron chi connectivity index (χ2n) is 14.4. The van der Waals surface area contributed by atoms with Crippen molar-refractivity contribution in [1.82, 2.24) is 4.98 Å². The number of benzene rings is 8. The highest BCUT2D eigenvalue weighted by Gasteiger charge is 2.36. The van der Waals surface area contributed by atoms with Crippen LogP contribution in [0.2, 0.25) is 0 Å². The van der Waals surface area contributed by atoms with Gasteiger partial charge in [0, 0.05) is 48.2 Å². The number of hydrogen-bond acceptors (Lipinski definition) is 4. The Morgan fingerprint density at radius 3 is 1.98 bits per heavy atom. The highest BCUT2D eigenvalue weighted by atomic mass is 32.1. The van der Waals surface area contributed by atoms with Crippen molar-refractivity contribution < 1.29 is 0 Å². The van der Waals surface area contributed by atoms with E-state index in [1.54, 1.807) is 11.3 Å². The molecule has 2 heterocycles. The molecule has 0 saturated carbocycles. The van der Waals surface area contributed by atoms with Crippen molar-refractivity contribution in [3.8, 4) is 21.7 Å². The smallest absolute Gasteiger partial charge is 0.124 e. The molecule has 0 N–H and O–H groups in total. The van der Waals surface area contributed by atoms with Crippen molar-refractivity contribution in [2.24, 2.45) is 0 Å². The second kappa shape index (κ2) is 11.1. The summed E-state index contributed by atoms with van der Waals surface area (Å²) in [6.45, 7) is 4.73. The minimum atomic E-state index is -0.118. The van der Waals surface area contributed by atoms with Gasteiger partial charge in [0.15, 0.2) is 0 Å². The molecular formula is C48H32N2S2. The fraction of sp³-hybridized carbons (Fsp3) is 0.0625. The molecule has 0 radical (unpaired) electrons. The molecule has 246 valence electrons. The average molecular weight is 701 g/mol. The van der Waals surface area contributed by atoms with Gasteiger partial charge in [-0.25, -0.2) is 4.98 Å². The van der Waals surface area contributed by atoms with Crippen molar-refractivity contribution in [2.75, 3.05) is 4.90 Å². The van der Waals surface area contributed by atoms with Gasteiger partial charge in [-0.05, 0) is 117 Å². The summed E-state index contributed by atoms with van der Waals surface area (Å²) in [6, 6.07) is 58.1. The van der Waals surface area contributed by atoms with Gasteiger partial charge in [-0.2, -0.15) is 0 Å². The summed E-state index contributed by atoms with van der Waals surface area (Å²) in [4.78, 5) is 7.48. The highest BCUT2D eigenvalue weighted by molar-refractivity contribution is 7.25. The van der Waals surface area contributed by atoms with Crippen LogP contribution in [0.1, 0.15) is 25.0 Å². The molecule has 0 amide bonds. The van der Waals surface area contributed by atoms with Crippen LogP contribution in [0.4, 0.5) is 17.1 Å². The summed E-state index contributed by atoms with van der Waals surface area (Å²) in [5.74, 6) is 0. The molecule has 2 aromatic heterocycles. The summed E-state index contributed by atoms with van der Waals surface area (Å²) in [5, 5.41) is 8.76. The number of hydrogen-bond donors (Lipinski definition) is 0. The predicted octanol–water partition coefficient (Wildman–Crippen LogP) is 14.4. The number of thiazole rings is 1. The molecule has 0 unspecified atom stereocenters. The molecule has 0 fully saturated rings. The zero-order valence-electron chi connectivity index (χ0n) is 28.7.